The van der Waals surface area contributed by atoms with Crippen molar-refractivity contribution in [3.05, 3.63) is 104 Å². The van der Waals surface area contributed by atoms with E-state index in [-0.39, 0.29) is 10.6 Å². The van der Waals surface area contributed by atoms with E-state index >= 15 is 0 Å². The van der Waals surface area contributed by atoms with Crippen molar-refractivity contribution in [2.45, 2.75) is 6.61 Å². The largest absolute Gasteiger partial charge is 0.493 e. The molecule has 4 rings (SSSR count). The normalized spacial score (nSPS) is 11.1. The van der Waals surface area contributed by atoms with Crippen molar-refractivity contribution in [2.24, 2.45) is 0 Å². The van der Waals surface area contributed by atoms with Gasteiger partial charge in [0.1, 0.15) is 18.2 Å². The van der Waals surface area contributed by atoms with E-state index in [0.717, 1.165) is 16.3 Å². The SMILES string of the molecule is COc1cc(/C=C(/C#N)C(=O)Nc2cccc(Cl)c2Cl)cc(Br)c1OCc1ccc2ccccc2c1. The summed E-state index contributed by atoms with van der Waals surface area (Å²) in [6.07, 6.45) is 1.45. The average molecular weight is 582 g/mol. The molecule has 1 amide bonds. The van der Waals surface area contributed by atoms with Gasteiger partial charge in [0.15, 0.2) is 11.5 Å². The van der Waals surface area contributed by atoms with E-state index in [1.54, 1.807) is 30.3 Å². The molecule has 0 radical (unpaired) electrons. The molecule has 0 saturated heterocycles. The maximum absolute atomic E-state index is 12.7. The monoisotopic (exact) mass is 580 g/mol. The fourth-order valence-corrected chi connectivity index (χ4v) is 4.47. The van der Waals surface area contributed by atoms with Gasteiger partial charge in [-0.1, -0.05) is 65.7 Å². The van der Waals surface area contributed by atoms with Crippen LogP contribution in [0.25, 0.3) is 16.8 Å². The molecular formula is C28H19BrCl2N2O3. The van der Waals surface area contributed by atoms with Crippen LogP contribution in [-0.2, 0) is 11.4 Å². The lowest BCUT2D eigenvalue weighted by Crippen LogP contribution is -2.13. The van der Waals surface area contributed by atoms with Crippen LogP contribution in [0.4, 0.5) is 5.69 Å². The van der Waals surface area contributed by atoms with Gasteiger partial charge in [-0.05, 0) is 74.2 Å². The number of nitrogens with one attached hydrogen (secondary N) is 1. The number of hydrogen-bond donors (Lipinski definition) is 1. The van der Waals surface area contributed by atoms with Crippen molar-refractivity contribution in [1.29, 1.82) is 5.26 Å². The number of rotatable bonds is 7. The molecule has 0 aliphatic heterocycles. The van der Waals surface area contributed by atoms with Gasteiger partial charge in [-0.25, -0.2) is 0 Å². The van der Waals surface area contributed by atoms with E-state index in [1.165, 1.54) is 13.2 Å². The minimum atomic E-state index is -0.617. The third-order valence-electron chi connectivity index (χ3n) is 5.32. The van der Waals surface area contributed by atoms with Crippen LogP contribution < -0.4 is 14.8 Å². The number of carbonyl (C=O) groups excluding carboxylic acids is 1. The predicted octanol–water partition coefficient (Wildman–Crippen LogP) is 8.04. The Morgan fingerprint density at radius 2 is 1.83 bits per heavy atom. The van der Waals surface area contributed by atoms with E-state index in [2.05, 4.69) is 45.5 Å². The molecule has 0 aromatic heterocycles. The zero-order valence-corrected chi connectivity index (χ0v) is 22.1. The number of nitriles is 1. The summed E-state index contributed by atoms with van der Waals surface area (Å²) < 4.78 is 12.2. The summed E-state index contributed by atoms with van der Waals surface area (Å²) in [7, 11) is 1.53. The quantitative estimate of drug-likeness (QED) is 0.177. The van der Waals surface area contributed by atoms with Crippen molar-refractivity contribution in [1.82, 2.24) is 0 Å². The highest BCUT2D eigenvalue weighted by Gasteiger charge is 2.16. The summed E-state index contributed by atoms with van der Waals surface area (Å²) in [6.45, 7) is 0.335. The molecule has 1 N–H and O–H groups in total. The Kier molecular flexibility index (Phi) is 8.17. The number of carbonyl (C=O) groups is 1. The van der Waals surface area contributed by atoms with E-state index in [1.807, 2.05) is 24.3 Å². The van der Waals surface area contributed by atoms with Gasteiger partial charge in [0.25, 0.3) is 5.91 Å². The van der Waals surface area contributed by atoms with Crippen molar-refractivity contribution in [3.8, 4) is 17.6 Å². The average Bonchev–Trinajstić information content (AvgIpc) is 2.88. The summed E-state index contributed by atoms with van der Waals surface area (Å²) in [5.74, 6) is 0.344. The van der Waals surface area contributed by atoms with E-state index in [4.69, 9.17) is 32.7 Å². The van der Waals surface area contributed by atoms with Crippen LogP contribution in [0.2, 0.25) is 10.0 Å². The van der Waals surface area contributed by atoms with Crippen LogP contribution in [0, 0.1) is 11.3 Å². The Morgan fingerprint density at radius 3 is 2.58 bits per heavy atom. The van der Waals surface area contributed by atoms with Crippen LogP contribution >= 0.6 is 39.1 Å². The predicted molar refractivity (Wildman–Crippen MR) is 148 cm³/mol. The highest BCUT2D eigenvalue weighted by atomic mass is 79.9. The van der Waals surface area contributed by atoms with Gasteiger partial charge >= 0.3 is 0 Å². The summed E-state index contributed by atoms with van der Waals surface area (Å²) in [4.78, 5) is 12.7. The Morgan fingerprint density at radius 1 is 1.06 bits per heavy atom. The van der Waals surface area contributed by atoms with Crippen molar-refractivity contribution in [2.75, 3.05) is 12.4 Å². The second-order valence-corrected chi connectivity index (χ2v) is 9.37. The Hall–Kier alpha value is -3.50. The van der Waals surface area contributed by atoms with Crippen LogP contribution in [0.5, 0.6) is 11.5 Å². The molecule has 5 nitrogen and oxygen atoms in total. The number of benzene rings is 4. The number of fused-ring (bicyclic) bond motifs is 1. The second-order valence-electron chi connectivity index (χ2n) is 7.73. The van der Waals surface area contributed by atoms with Gasteiger partial charge in [0, 0.05) is 0 Å². The van der Waals surface area contributed by atoms with Gasteiger partial charge in [0.05, 0.1) is 27.3 Å². The van der Waals surface area contributed by atoms with Crippen molar-refractivity contribution < 1.29 is 14.3 Å². The molecule has 0 aliphatic rings. The lowest BCUT2D eigenvalue weighted by Gasteiger charge is -2.14. The number of amides is 1. The molecule has 4 aromatic carbocycles. The van der Waals surface area contributed by atoms with Crippen LogP contribution in [0.1, 0.15) is 11.1 Å². The van der Waals surface area contributed by atoms with Gasteiger partial charge in [-0.2, -0.15) is 5.26 Å². The van der Waals surface area contributed by atoms with Crippen molar-refractivity contribution >= 4 is 67.6 Å². The summed E-state index contributed by atoms with van der Waals surface area (Å²) in [5, 5.41) is 15.0. The molecule has 0 unspecified atom stereocenters. The minimum absolute atomic E-state index is 0.121. The van der Waals surface area contributed by atoms with E-state index in [0.29, 0.717) is 38.9 Å². The van der Waals surface area contributed by atoms with Gasteiger partial charge in [-0.15, -0.1) is 0 Å². The zero-order chi connectivity index (χ0) is 25.7. The number of nitrogens with zero attached hydrogens (tertiary/aromatic N) is 1. The van der Waals surface area contributed by atoms with Gasteiger partial charge < -0.3 is 14.8 Å². The van der Waals surface area contributed by atoms with Crippen LogP contribution in [-0.4, -0.2) is 13.0 Å². The standard InChI is InChI=1S/C28H19BrCl2N2O3/c1-35-25-14-18(12-21(15-32)28(34)33-24-8-4-7-23(30)26(24)31)13-22(29)27(25)36-16-17-9-10-19-5-2-3-6-20(19)11-17/h2-14H,16H2,1H3,(H,33,34)/b21-12-. The Labute approximate surface area is 227 Å². The molecule has 0 atom stereocenters. The number of hydrogen-bond acceptors (Lipinski definition) is 4. The number of halogens is 3. The fraction of sp³-hybridized carbons (Fsp3) is 0.0714. The first-order valence-corrected chi connectivity index (χ1v) is 12.3. The molecule has 180 valence electrons. The molecule has 0 spiro atoms. The minimum Gasteiger partial charge on any atom is -0.493 e. The molecule has 0 saturated carbocycles. The fourth-order valence-electron chi connectivity index (χ4n) is 3.55. The van der Waals surface area contributed by atoms with Crippen LogP contribution in [0.3, 0.4) is 0 Å². The second kappa shape index (κ2) is 11.5. The van der Waals surface area contributed by atoms with E-state index < -0.39 is 5.91 Å². The maximum Gasteiger partial charge on any atom is 0.266 e. The highest BCUT2D eigenvalue weighted by molar-refractivity contribution is 9.10. The first-order valence-electron chi connectivity index (χ1n) is 10.7. The lowest BCUT2D eigenvalue weighted by molar-refractivity contribution is -0.112. The zero-order valence-electron chi connectivity index (χ0n) is 19.0. The maximum atomic E-state index is 12.7. The Bertz CT molecular complexity index is 1530. The van der Waals surface area contributed by atoms with Gasteiger partial charge in [-0.3, -0.25) is 4.79 Å². The molecular weight excluding hydrogens is 563 g/mol. The molecule has 36 heavy (non-hydrogen) atoms. The Balaban J connectivity index is 1.55. The molecule has 0 fully saturated rings. The third kappa shape index (κ3) is 5.83. The summed E-state index contributed by atoms with van der Waals surface area (Å²) in [6, 6.07) is 24.5. The number of methoxy groups -OCH3 is 1. The first-order chi connectivity index (χ1) is 17.4. The molecule has 0 heterocycles. The number of anilines is 1. The molecule has 4 aromatic rings. The topological polar surface area (TPSA) is 71.3 Å². The summed E-state index contributed by atoms with van der Waals surface area (Å²) in [5.41, 5.74) is 1.77. The van der Waals surface area contributed by atoms with Gasteiger partial charge in [0.2, 0.25) is 0 Å². The summed E-state index contributed by atoms with van der Waals surface area (Å²) >= 11 is 15.7. The number of ether oxygens (including phenoxy) is 2. The van der Waals surface area contributed by atoms with E-state index in [9.17, 15) is 10.1 Å². The smallest absolute Gasteiger partial charge is 0.266 e. The first kappa shape index (κ1) is 25.6. The molecule has 0 aliphatic carbocycles. The third-order valence-corrected chi connectivity index (χ3v) is 6.73. The molecule has 0 bridgehead atoms. The highest BCUT2D eigenvalue weighted by Crippen LogP contribution is 2.38. The van der Waals surface area contributed by atoms with Crippen molar-refractivity contribution in [3.63, 3.8) is 0 Å². The van der Waals surface area contributed by atoms with Crippen LogP contribution in [0.15, 0.2) is 82.8 Å². The lowest BCUT2D eigenvalue weighted by atomic mass is 10.1. The molecule has 8 heteroatoms.